The first-order valence-electron chi connectivity index (χ1n) is 3.09. The maximum absolute atomic E-state index is 5.21. The van der Waals surface area contributed by atoms with Crippen LogP contribution < -0.4 is 5.73 Å². The zero-order chi connectivity index (χ0) is 7.98. The quantitative estimate of drug-likeness (QED) is 0.376. The minimum Gasteiger partial charge on any atom is -0.481 e. The second kappa shape index (κ2) is 5.17. The Bertz CT molecular complexity index is 145. The van der Waals surface area contributed by atoms with Crippen LogP contribution in [0.2, 0.25) is 0 Å². The van der Waals surface area contributed by atoms with Crippen LogP contribution in [0.3, 0.4) is 0 Å². The number of aliphatic imine (C=N–C) groups is 1. The molecule has 0 aromatic rings. The van der Waals surface area contributed by atoms with Crippen molar-refractivity contribution in [2.45, 2.75) is 13.8 Å². The molecule has 0 aliphatic heterocycles. The summed E-state index contributed by atoms with van der Waals surface area (Å²) in [5, 5.41) is 0. The molecule has 10 heavy (non-hydrogen) atoms. The van der Waals surface area contributed by atoms with Gasteiger partial charge in [0.1, 0.15) is 0 Å². The first kappa shape index (κ1) is 9.36. The molecule has 0 bridgehead atoms. The third kappa shape index (κ3) is 5.50. The first-order chi connectivity index (χ1) is 4.66. The van der Waals surface area contributed by atoms with E-state index >= 15 is 0 Å². The van der Waals surface area contributed by atoms with Gasteiger partial charge >= 0.3 is 0 Å². The summed E-state index contributed by atoms with van der Waals surface area (Å²) in [5.74, 6) is 0.635. The molecule has 4 heteroatoms. The van der Waals surface area contributed by atoms with Crippen LogP contribution in [0.15, 0.2) is 4.99 Å². The standard InChI is InChI=1S/C6H12N2OS/c1-3-9-5(2)8-4-6(7)10/h3-4H2,1-2H3,(H2,7,10). The van der Waals surface area contributed by atoms with Gasteiger partial charge in [0.2, 0.25) is 0 Å². The van der Waals surface area contributed by atoms with E-state index in [-0.39, 0.29) is 0 Å². The van der Waals surface area contributed by atoms with Crippen molar-refractivity contribution >= 4 is 23.1 Å². The average molecular weight is 160 g/mol. The lowest BCUT2D eigenvalue weighted by atomic mass is 10.6. The van der Waals surface area contributed by atoms with E-state index in [1.165, 1.54) is 0 Å². The van der Waals surface area contributed by atoms with Gasteiger partial charge in [-0.15, -0.1) is 0 Å². The second-order valence-electron chi connectivity index (χ2n) is 1.73. The van der Waals surface area contributed by atoms with Gasteiger partial charge < -0.3 is 10.5 Å². The lowest BCUT2D eigenvalue weighted by Gasteiger charge is -1.99. The molecule has 0 radical (unpaired) electrons. The van der Waals surface area contributed by atoms with E-state index in [0.717, 1.165) is 0 Å². The lowest BCUT2D eigenvalue weighted by molar-refractivity contribution is 0.323. The zero-order valence-electron chi connectivity index (χ0n) is 6.26. The molecule has 0 spiro atoms. The second-order valence-corrected chi connectivity index (χ2v) is 2.26. The molecule has 0 unspecified atom stereocenters. The molecule has 2 N–H and O–H groups in total. The molecule has 0 saturated heterocycles. The number of thiocarbonyl (C=S) groups is 1. The van der Waals surface area contributed by atoms with Gasteiger partial charge in [-0.05, 0) is 6.92 Å². The van der Waals surface area contributed by atoms with Gasteiger partial charge in [-0.2, -0.15) is 0 Å². The molecule has 0 amide bonds. The monoisotopic (exact) mass is 160 g/mol. The zero-order valence-corrected chi connectivity index (χ0v) is 7.07. The van der Waals surface area contributed by atoms with Crippen LogP contribution in [-0.4, -0.2) is 24.0 Å². The van der Waals surface area contributed by atoms with E-state index in [4.69, 9.17) is 10.5 Å². The van der Waals surface area contributed by atoms with Gasteiger partial charge in [0.25, 0.3) is 0 Å². The fourth-order valence-electron chi connectivity index (χ4n) is 0.444. The normalized spacial score (nSPS) is 11.2. The SMILES string of the molecule is CCOC(C)=NCC(N)=S. The Labute approximate surface area is 66.3 Å². The van der Waals surface area contributed by atoms with Crippen molar-refractivity contribution in [2.24, 2.45) is 10.7 Å². The van der Waals surface area contributed by atoms with E-state index in [1.54, 1.807) is 6.92 Å². The average Bonchev–Trinajstić information content (AvgIpc) is 1.85. The summed E-state index contributed by atoms with van der Waals surface area (Å²) >= 11 is 4.61. The van der Waals surface area contributed by atoms with Crippen LogP contribution >= 0.6 is 12.2 Å². The predicted molar refractivity (Wildman–Crippen MR) is 46.4 cm³/mol. The Morgan fingerprint density at radius 3 is 2.70 bits per heavy atom. The number of hydrogen-bond donors (Lipinski definition) is 1. The lowest BCUT2D eigenvalue weighted by Crippen LogP contribution is -2.13. The number of ether oxygens (including phenoxy) is 1. The van der Waals surface area contributed by atoms with Crippen molar-refractivity contribution in [3.63, 3.8) is 0 Å². The van der Waals surface area contributed by atoms with Crippen molar-refractivity contribution in [2.75, 3.05) is 13.2 Å². The molecule has 0 fully saturated rings. The summed E-state index contributed by atoms with van der Waals surface area (Å²) in [6.45, 7) is 4.69. The molecule has 0 aromatic carbocycles. The minimum absolute atomic E-state index is 0.376. The topological polar surface area (TPSA) is 47.6 Å². The summed E-state index contributed by atoms with van der Waals surface area (Å²) < 4.78 is 5.03. The number of nitrogens with two attached hydrogens (primary N) is 1. The summed E-state index contributed by atoms with van der Waals surface area (Å²) in [6, 6.07) is 0. The van der Waals surface area contributed by atoms with Crippen molar-refractivity contribution in [1.29, 1.82) is 0 Å². The number of hydrogen-bond acceptors (Lipinski definition) is 3. The molecule has 0 aliphatic rings. The molecule has 0 aliphatic carbocycles. The predicted octanol–water partition coefficient (Wildman–Crippen LogP) is 0.727. The Balaban J connectivity index is 3.57. The maximum atomic E-state index is 5.21. The van der Waals surface area contributed by atoms with E-state index in [2.05, 4.69) is 17.2 Å². The Morgan fingerprint density at radius 1 is 1.70 bits per heavy atom. The van der Waals surface area contributed by atoms with Crippen LogP contribution in [0.4, 0.5) is 0 Å². The van der Waals surface area contributed by atoms with Gasteiger partial charge in [0.05, 0.1) is 18.1 Å². The van der Waals surface area contributed by atoms with Gasteiger partial charge in [0, 0.05) is 6.92 Å². The van der Waals surface area contributed by atoms with E-state index in [1.807, 2.05) is 6.92 Å². The smallest absolute Gasteiger partial charge is 0.180 e. The van der Waals surface area contributed by atoms with Crippen LogP contribution in [0.5, 0.6) is 0 Å². The molecule has 0 saturated carbocycles. The Kier molecular flexibility index (Phi) is 4.84. The van der Waals surface area contributed by atoms with Crippen LogP contribution in [0.1, 0.15) is 13.8 Å². The minimum atomic E-state index is 0.376. The Hall–Kier alpha value is -0.640. The highest BCUT2D eigenvalue weighted by Crippen LogP contribution is 1.81. The fraction of sp³-hybridized carbons (Fsp3) is 0.667. The highest BCUT2D eigenvalue weighted by atomic mass is 32.1. The fourth-order valence-corrected chi connectivity index (χ4v) is 0.508. The Morgan fingerprint density at radius 2 is 2.30 bits per heavy atom. The number of nitrogens with zero attached hydrogens (tertiary/aromatic N) is 1. The molecular weight excluding hydrogens is 148 g/mol. The van der Waals surface area contributed by atoms with Crippen molar-refractivity contribution in [3.8, 4) is 0 Å². The van der Waals surface area contributed by atoms with Crippen LogP contribution in [0, 0.1) is 0 Å². The van der Waals surface area contributed by atoms with Crippen molar-refractivity contribution in [1.82, 2.24) is 0 Å². The largest absolute Gasteiger partial charge is 0.481 e. The summed E-state index contributed by atoms with van der Waals surface area (Å²) in [7, 11) is 0. The third-order valence-electron chi connectivity index (χ3n) is 0.811. The highest BCUT2D eigenvalue weighted by Gasteiger charge is 1.88. The summed E-state index contributed by atoms with van der Waals surface area (Å²) in [5.41, 5.74) is 5.21. The number of rotatable bonds is 3. The van der Waals surface area contributed by atoms with Crippen LogP contribution in [0.25, 0.3) is 0 Å². The van der Waals surface area contributed by atoms with E-state index in [0.29, 0.717) is 24.0 Å². The first-order valence-corrected chi connectivity index (χ1v) is 3.49. The third-order valence-corrected chi connectivity index (χ3v) is 0.940. The molecule has 0 aromatic heterocycles. The summed E-state index contributed by atoms with van der Waals surface area (Å²) in [4.78, 5) is 4.33. The van der Waals surface area contributed by atoms with E-state index in [9.17, 15) is 0 Å². The molecule has 58 valence electrons. The van der Waals surface area contributed by atoms with Crippen molar-refractivity contribution in [3.05, 3.63) is 0 Å². The molecule has 0 atom stereocenters. The molecule has 0 rings (SSSR count). The van der Waals surface area contributed by atoms with Gasteiger partial charge in [-0.3, -0.25) is 0 Å². The highest BCUT2D eigenvalue weighted by molar-refractivity contribution is 7.80. The maximum Gasteiger partial charge on any atom is 0.180 e. The molecule has 0 heterocycles. The van der Waals surface area contributed by atoms with Gasteiger partial charge in [0.15, 0.2) is 5.90 Å². The molecule has 3 nitrogen and oxygen atoms in total. The molecular formula is C6H12N2OS. The van der Waals surface area contributed by atoms with Gasteiger partial charge in [-0.1, -0.05) is 12.2 Å². The summed E-state index contributed by atoms with van der Waals surface area (Å²) in [6.07, 6.45) is 0. The van der Waals surface area contributed by atoms with Crippen molar-refractivity contribution < 1.29 is 4.74 Å². The van der Waals surface area contributed by atoms with Crippen LogP contribution in [-0.2, 0) is 4.74 Å². The van der Waals surface area contributed by atoms with Gasteiger partial charge in [-0.25, -0.2) is 4.99 Å². The van der Waals surface area contributed by atoms with E-state index < -0.39 is 0 Å².